The zero-order chi connectivity index (χ0) is 10.8. The average Bonchev–Trinajstić information content (AvgIpc) is 2.69. The van der Waals surface area contributed by atoms with Gasteiger partial charge in [-0.15, -0.1) is 0 Å². The number of aromatic nitrogens is 2. The molecule has 0 radical (unpaired) electrons. The van der Waals surface area contributed by atoms with Gasteiger partial charge in [-0.2, -0.15) is 0 Å². The lowest BCUT2D eigenvalue weighted by Crippen LogP contribution is -2.22. The molecule has 0 aliphatic carbocycles. The van der Waals surface area contributed by atoms with Crippen LogP contribution in [0, 0.1) is 6.92 Å². The van der Waals surface area contributed by atoms with E-state index in [-0.39, 0.29) is 5.69 Å². The topological polar surface area (TPSA) is 66.3 Å². The van der Waals surface area contributed by atoms with Gasteiger partial charge in [0.2, 0.25) is 5.95 Å². The summed E-state index contributed by atoms with van der Waals surface area (Å²) >= 11 is 0. The highest BCUT2D eigenvalue weighted by Crippen LogP contribution is 2.16. The fourth-order valence-corrected chi connectivity index (χ4v) is 1.72. The number of carbonyl (C=O) groups is 1. The van der Waals surface area contributed by atoms with Gasteiger partial charge in [0.25, 0.3) is 0 Å². The van der Waals surface area contributed by atoms with Crippen molar-refractivity contribution in [3.63, 3.8) is 0 Å². The predicted molar refractivity (Wildman–Crippen MR) is 55.2 cm³/mol. The molecular weight excluding hydrogens is 194 g/mol. The van der Waals surface area contributed by atoms with Crippen molar-refractivity contribution in [1.82, 2.24) is 9.97 Å². The first-order valence-corrected chi connectivity index (χ1v) is 5.01. The van der Waals surface area contributed by atoms with E-state index in [0.29, 0.717) is 11.6 Å². The zero-order valence-electron chi connectivity index (χ0n) is 8.60. The van der Waals surface area contributed by atoms with Crippen LogP contribution in [0.1, 0.15) is 29.0 Å². The number of nitrogens with zero attached hydrogens (tertiary/aromatic N) is 3. The molecule has 15 heavy (non-hydrogen) atoms. The van der Waals surface area contributed by atoms with Gasteiger partial charge in [-0.3, -0.25) is 0 Å². The van der Waals surface area contributed by atoms with Crippen LogP contribution < -0.4 is 4.90 Å². The molecule has 1 aliphatic rings. The first-order valence-electron chi connectivity index (χ1n) is 5.01. The average molecular weight is 207 g/mol. The van der Waals surface area contributed by atoms with Gasteiger partial charge in [0.05, 0.1) is 0 Å². The van der Waals surface area contributed by atoms with E-state index in [1.54, 1.807) is 6.92 Å². The first-order chi connectivity index (χ1) is 7.16. The van der Waals surface area contributed by atoms with Crippen LogP contribution in [0.5, 0.6) is 0 Å². The smallest absolute Gasteiger partial charge is 0.354 e. The molecule has 0 amide bonds. The SMILES string of the molecule is Cc1cc(C(=O)O)nc(N2CCCC2)n1. The Kier molecular flexibility index (Phi) is 2.53. The van der Waals surface area contributed by atoms with Gasteiger partial charge in [0, 0.05) is 18.8 Å². The summed E-state index contributed by atoms with van der Waals surface area (Å²) in [5.41, 5.74) is 0.772. The molecule has 5 heteroatoms. The highest BCUT2D eigenvalue weighted by atomic mass is 16.4. The lowest BCUT2D eigenvalue weighted by atomic mass is 10.3. The van der Waals surface area contributed by atoms with E-state index >= 15 is 0 Å². The van der Waals surface area contributed by atoms with Gasteiger partial charge in [-0.25, -0.2) is 14.8 Å². The maximum Gasteiger partial charge on any atom is 0.354 e. The lowest BCUT2D eigenvalue weighted by Gasteiger charge is -2.15. The minimum absolute atomic E-state index is 0.0735. The summed E-state index contributed by atoms with van der Waals surface area (Å²) in [6.45, 7) is 3.62. The van der Waals surface area contributed by atoms with Gasteiger partial charge in [0.1, 0.15) is 0 Å². The molecular formula is C10H13N3O2. The van der Waals surface area contributed by atoms with E-state index < -0.39 is 5.97 Å². The molecule has 1 saturated heterocycles. The second kappa shape index (κ2) is 3.84. The third-order valence-corrected chi connectivity index (χ3v) is 2.45. The molecule has 1 aromatic rings. The van der Waals surface area contributed by atoms with Crippen molar-refractivity contribution in [2.45, 2.75) is 19.8 Å². The highest BCUT2D eigenvalue weighted by molar-refractivity contribution is 5.85. The van der Waals surface area contributed by atoms with Gasteiger partial charge >= 0.3 is 5.97 Å². The number of aryl methyl sites for hydroxylation is 1. The summed E-state index contributed by atoms with van der Waals surface area (Å²) in [7, 11) is 0. The molecule has 0 bridgehead atoms. The number of aromatic carboxylic acids is 1. The maximum atomic E-state index is 10.8. The molecule has 1 aromatic heterocycles. The monoisotopic (exact) mass is 207 g/mol. The Bertz CT molecular complexity index is 386. The molecule has 5 nitrogen and oxygen atoms in total. The lowest BCUT2D eigenvalue weighted by molar-refractivity contribution is 0.0690. The van der Waals surface area contributed by atoms with E-state index in [1.165, 1.54) is 6.07 Å². The molecule has 2 rings (SSSR count). The molecule has 0 saturated carbocycles. The Hall–Kier alpha value is -1.65. The largest absolute Gasteiger partial charge is 0.477 e. The van der Waals surface area contributed by atoms with Crippen molar-refractivity contribution in [1.29, 1.82) is 0 Å². The Morgan fingerprint density at radius 3 is 2.67 bits per heavy atom. The van der Waals surface area contributed by atoms with Crippen LogP contribution in [0.3, 0.4) is 0 Å². The number of anilines is 1. The molecule has 0 aromatic carbocycles. The van der Waals surface area contributed by atoms with Crippen LogP contribution in [0.2, 0.25) is 0 Å². The van der Waals surface area contributed by atoms with Gasteiger partial charge in [0.15, 0.2) is 5.69 Å². The maximum absolute atomic E-state index is 10.8. The summed E-state index contributed by atoms with van der Waals surface area (Å²) in [5, 5.41) is 8.87. The van der Waals surface area contributed by atoms with E-state index in [1.807, 2.05) is 4.90 Å². The van der Waals surface area contributed by atoms with E-state index in [0.717, 1.165) is 25.9 Å². The van der Waals surface area contributed by atoms with E-state index in [9.17, 15) is 4.79 Å². The van der Waals surface area contributed by atoms with E-state index in [4.69, 9.17) is 5.11 Å². The van der Waals surface area contributed by atoms with Crippen LogP contribution in [-0.4, -0.2) is 34.1 Å². The first kappa shape index (κ1) is 9.89. The van der Waals surface area contributed by atoms with Crippen molar-refractivity contribution in [3.05, 3.63) is 17.5 Å². The summed E-state index contributed by atoms with van der Waals surface area (Å²) in [6.07, 6.45) is 2.25. The van der Waals surface area contributed by atoms with Crippen molar-refractivity contribution in [3.8, 4) is 0 Å². The van der Waals surface area contributed by atoms with Crippen LogP contribution in [0.15, 0.2) is 6.07 Å². The molecule has 1 fully saturated rings. The Morgan fingerprint density at radius 2 is 2.07 bits per heavy atom. The second-order valence-corrected chi connectivity index (χ2v) is 3.69. The number of rotatable bonds is 2. The van der Waals surface area contributed by atoms with E-state index in [2.05, 4.69) is 9.97 Å². The molecule has 0 spiro atoms. The number of carboxylic acid groups (broad SMARTS) is 1. The van der Waals surface area contributed by atoms with Gasteiger partial charge in [-0.1, -0.05) is 0 Å². The summed E-state index contributed by atoms with van der Waals surface area (Å²) in [6, 6.07) is 1.49. The molecule has 0 atom stereocenters. The minimum Gasteiger partial charge on any atom is -0.477 e. The molecule has 0 unspecified atom stereocenters. The highest BCUT2D eigenvalue weighted by Gasteiger charge is 2.17. The van der Waals surface area contributed by atoms with Gasteiger partial charge in [-0.05, 0) is 25.8 Å². The quantitative estimate of drug-likeness (QED) is 0.786. The Morgan fingerprint density at radius 1 is 1.40 bits per heavy atom. The normalized spacial score (nSPS) is 15.7. The van der Waals surface area contributed by atoms with Crippen molar-refractivity contribution < 1.29 is 9.90 Å². The molecule has 80 valence electrons. The van der Waals surface area contributed by atoms with Crippen molar-refractivity contribution in [2.75, 3.05) is 18.0 Å². The fourth-order valence-electron chi connectivity index (χ4n) is 1.72. The summed E-state index contributed by atoms with van der Waals surface area (Å²) in [4.78, 5) is 21.1. The second-order valence-electron chi connectivity index (χ2n) is 3.69. The van der Waals surface area contributed by atoms with Gasteiger partial charge < -0.3 is 10.0 Å². The molecule has 1 aliphatic heterocycles. The summed E-state index contributed by atoms with van der Waals surface area (Å²) in [5.74, 6) is -0.453. The Labute approximate surface area is 87.8 Å². The zero-order valence-corrected chi connectivity index (χ0v) is 8.60. The summed E-state index contributed by atoms with van der Waals surface area (Å²) < 4.78 is 0. The molecule has 1 N–H and O–H groups in total. The van der Waals surface area contributed by atoms with Crippen LogP contribution in [0.4, 0.5) is 5.95 Å². The van der Waals surface area contributed by atoms with Crippen LogP contribution in [-0.2, 0) is 0 Å². The minimum atomic E-state index is -0.999. The number of carboxylic acids is 1. The van der Waals surface area contributed by atoms with Crippen molar-refractivity contribution in [2.24, 2.45) is 0 Å². The Balaban J connectivity index is 2.34. The molecule has 2 heterocycles. The standard InChI is InChI=1S/C10H13N3O2/c1-7-6-8(9(14)15)12-10(11-7)13-4-2-3-5-13/h6H,2-5H2,1H3,(H,14,15). The van der Waals surface area contributed by atoms with Crippen LogP contribution in [0.25, 0.3) is 0 Å². The fraction of sp³-hybridized carbons (Fsp3) is 0.500. The number of hydrogen-bond donors (Lipinski definition) is 1. The predicted octanol–water partition coefficient (Wildman–Crippen LogP) is 1.08. The third-order valence-electron chi connectivity index (χ3n) is 2.45. The van der Waals surface area contributed by atoms with Crippen LogP contribution >= 0.6 is 0 Å². The van der Waals surface area contributed by atoms with Crippen molar-refractivity contribution >= 4 is 11.9 Å². The number of hydrogen-bond acceptors (Lipinski definition) is 4. The third kappa shape index (κ3) is 2.06.